The lowest BCUT2D eigenvalue weighted by Crippen LogP contribution is -2.58. The van der Waals surface area contributed by atoms with Crippen LogP contribution in [0.3, 0.4) is 0 Å². The monoisotopic (exact) mass is 274 g/mol. The predicted molar refractivity (Wildman–Crippen MR) is 77.1 cm³/mol. The van der Waals surface area contributed by atoms with Crippen molar-refractivity contribution >= 4 is 18.3 Å². The number of carbonyl (C=O) groups is 1. The number of hydrogen-bond acceptors (Lipinski definition) is 2. The van der Waals surface area contributed by atoms with Crippen LogP contribution < -0.4 is 5.32 Å². The molecule has 0 aromatic rings. The van der Waals surface area contributed by atoms with Crippen molar-refractivity contribution in [1.82, 2.24) is 10.2 Å². The normalized spacial score (nSPS) is 30.9. The highest BCUT2D eigenvalue weighted by molar-refractivity contribution is 5.85. The van der Waals surface area contributed by atoms with Crippen LogP contribution in [0, 0.1) is 5.41 Å². The molecular weight excluding hydrogens is 248 g/mol. The van der Waals surface area contributed by atoms with Gasteiger partial charge in [0.1, 0.15) is 0 Å². The Bertz CT molecular complexity index is 280. The van der Waals surface area contributed by atoms with E-state index in [0.717, 1.165) is 32.4 Å². The third kappa shape index (κ3) is 3.00. The molecule has 18 heavy (non-hydrogen) atoms. The van der Waals surface area contributed by atoms with Crippen molar-refractivity contribution in [2.24, 2.45) is 5.41 Å². The molecule has 0 bridgehead atoms. The highest BCUT2D eigenvalue weighted by Gasteiger charge is 2.42. The first-order valence-electron chi connectivity index (χ1n) is 7.13. The van der Waals surface area contributed by atoms with Gasteiger partial charge in [0, 0.05) is 30.6 Å². The van der Waals surface area contributed by atoms with Gasteiger partial charge in [0.05, 0.1) is 0 Å². The molecule has 0 radical (unpaired) electrons. The SMILES string of the molecule is CCC1(C(=O)N2CC(C)NC(C)C2)CCCC1.Cl. The largest absolute Gasteiger partial charge is 0.339 e. The maximum Gasteiger partial charge on any atom is 0.228 e. The van der Waals surface area contributed by atoms with Gasteiger partial charge in [0.2, 0.25) is 5.91 Å². The summed E-state index contributed by atoms with van der Waals surface area (Å²) in [6.45, 7) is 8.28. The van der Waals surface area contributed by atoms with Gasteiger partial charge >= 0.3 is 0 Å². The lowest BCUT2D eigenvalue weighted by Gasteiger charge is -2.41. The molecule has 2 aliphatic rings. The summed E-state index contributed by atoms with van der Waals surface area (Å²) in [5.41, 5.74) is -0.0171. The molecule has 2 atom stereocenters. The van der Waals surface area contributed by atoms with E-state index in [9.17, 15) is 4.79 Å². The van der Waals surface area contributed by atoms with Gasteiger partial charge < -0.3 is 10.2 Å². The maximum atomic E-state index is 12.7. The van der Waals surface area contributed by atoms with Crippen molar-refractivity contribution in [3.63, 3.8) is 0 Å². The van der Waals surface area contributed by atoms with E-state index in [-0.39, 0.29) is 17.8 Å². The van der Waals surface area contributed by atoms with E-state index in [1.807, 2.05) is 0 Å². The number of nitrogens with zero attached hydrogens (tertiary/aromatic N) is 1. The summed E-state index contributed by atoms with van der Waals surface area (Å²) in [6.07, 6.45) is 5.69. The quantitative estimate of drug-likeness (QED) is 0.839. The minimum absolute atomic E-state index is 0. The van der Waals surface area contributed by atoms with Gasteiger partial charge in [-0.05, 0) is 33.1 Å². The van der Waals surface area contributed by atoms with E-state index in [0.29, 0.717) is 18.0 Å². The van der Waals surface area contributed by atoms with Crippen molar-refractivity contribution in [3.8, 4) is 0 Å². The average Bonchev–Trinajstić information content (AvgIpc) is 2.76. The highest BCUT2D eigenvalue weighted by Crippen LogP contribution is 2.42. The van der Waals surface area contributed by atoms with E-state index in [4.69, 9.17) is 0 Å². The Kier molecular flexibility index (Phi) is 5.47. The first-order valence-corrected chi connectivity index (χ1v) is 7.13. The van der Waals surface area contributed by atoms with E-state index in [2.05, 4.69) is 31.0 Å². The van der Waals surface area contributed by atoms with E-state index in [1.165, 1.54) is 12.8 Å². The van der Waals surface area contributed by atoms with Crippen molar-refractivity contribution in [3.05, 3.63) is 0 Å². The molecule has 3 nitrogen and oxygen atoms in total. The van der Waals surface area contributed by atoms with Crippen LogP contribution in [-0.2, 0) is 4.79 Å². The van der Waals surface area contributed by atoms with Crippen molar-refractivity contribution in [2.75, 3.05) is 13.1 Å². The van der Waals surface area contributed by atoms with Gasteiger partial charge in [-0.2, -0.15) is 0 Å². The van der Waals surface area contributed by atoms with Gasteiger partial charge in [-0.15, -0.1) is 12.4 Å². The number of rotatable bonds is 2. The second-order valence-corrected chi connectivity index (χ2v) is 6.02. The fourth-order valence-electron chi connectivity index (χ4n) is 3.60. The lowest BCUT2D eigenvalue weighted by molar-refractivity contribution is -0.144. The van der Waals surface area contributed by atoms with Crippen LogP contribution >= 0.6 is 12.4 Å². The molecule has 1 heterocycles. The zero-order chi connectivity index (χ0) is 12.5. The third-order valence-corrected chi connectivity index (χ3v) is 4.54. The van der Waals surface area contributed by atoms with Crippen LogP contribution in [0.25, 0.3) is 0 Å². The summed E-state index contributed by atoms with van der Waals surface area (Å²) < 4.78 is 0. The number of halogens is 1. The van der Waals surface area contributed by atoms with Gasteiger partial charge in [0.25, 0.3) is 0 Å². The minimum Gasteiger partial charge on any atom is -0.339 e. The van der Waals surface area contributed by atoms with Gasteiger partial charge in [-0.1, -0.05) is 19.8 Å². The first kappa shape index (κ1) is 15.8. The lowest BCUT2D eigenvalue weighted by atomic mass is 9.81. The van der Waals surface area contributed by atoms with Crippen molar-refractivity contribution in [1.29, 1.82) is 0 Å². The molecular formula is C14H27ClN2O. The van der Waals surface area contributed by atoms with Crippen molar-refractivity contribution in [2.45, 2.75) is 65.0 Å². The smallest absolute Gasteiger partial charge is 0.228 e. The third-order valence-electron chi connectivity index (χ3n) is 4.54. The van der Waals surface area contributed by atoms with Crippen LogP contribution in [0.15, 0.2) is 0 Å². The summed E-state index contributed by atoms with van der Waals surface area (Å²) in [4.78, 5) is 14.9. The summed E-state index contributed by atoms with van der Waals surface area (Å²) in [5, 5.41) is 3.49. The summed E-state index contributed by atoms with van der Waals surface area (Å²) in [7, 11) is 0. The van der Waals surface area contributed by atoms with Gasteiger partial charge in [-0.25, -0.2) is 0 Å². The Morgan fingerprint density at radius 2 is 1.72 bits per heavy atom. The molecule has 4 heteroatoms. The molecule has 0 spiro atoms. The number of amides is 1. The summed E-state index contributed by atoms with van der Waals surface area (Å²) >= 11 is 0. The fourth-order valence-corrected chi connectivity index (χ4v) is 3.60. The fraction of sp³-hybridized carbons (Fsp3) is 0.929. The van der Waals surface area contributed by atoms with Crippen LogP contribution in [0.1, 0.15) is 52.9 Å². The van der Waals surface area contributed by atoms with Crippen molar-refractivity contribution < 1.29 is 4.79 Å². The molecule has 0 aromatic carbocycles. The maximum absolute atomic E-state index is 12.7. The van der Waals surface area contributed by atoms with E-state index >= 15 is 0 Å². The molecule has 1 aliphatic heterocycles. The predicted octanol–water partition coefficient (Wildman–Crippen LogP) is 2.59. The standard InChI is InChI=1S/C14H26N2O.ClH/c1-4-14(7-5-6-8-14)13(17)16-9-11(2)15-12(3)10-16;/h11-12,15H,4-10H2,1-3H3;1H. The molecule has 106 valence electrons. The summed E-state index contributed by atoms with van der Waals surface area (Å²) in [5.74, 6) is 0.428. The molecule has 2 rings (SSSR count). The number of hydrogen-bond donors (Lipinski definition) is 1. The Labute approximate surface area is 117 Å². The highest BCUT2D eigenvalue weighted by atomic mass is 35.5. The molecule has 2 fully saturated rings. The van der Waals surface area contributed by atoms with Crippen LogP contribution in [0.5, 0.6) is 0 Å². The number of carbonyl (C=O) groups excluding carboxylic acids is 1. The zero-order valence-corrected chi connectivity index (χ0v) is 12.7. The minimum atomic E-state index is -0.0171. The molecule has 0 aromatic heterocycles. The molecule has 1 saturated heterocycles. The molecule has 1 saturated carbocycles. The van der Waals surface area contributed by atoms with E-state index < -0.39 is 0 Å². The summed E-state index contributed by atoms with van der Waals surface area (Å²) in [6, 6.07) is 0.857. The Morgan fingerprint density at radius 1 is 1.22 bits per heavy atom. The average molecular weight is 275 g/mol. The Morgan fingerprint density at radius 3 is 2.17 bits per heavy atom. The van der Waals surface area contributed by atoms with Crippen LogP contribution in [-0.4, -0.2) is 36.0 Å². The number of piperazine rings is 1. The molecule has 2 unspecified atom stereocenters. The first-order chi connectivity index (χ1) is 8.07. The molecule has 1 N–H and O–H groups in total. The molecule has 1 amide bonds. The van der Waals surface area contributed by atoms with Gasteiger partial charge in [-0.3, -0.25) is 4.79 Å². The zero-order valence-electron chi connectivity index (χ0n) is 11.9. The second-order valence-electron chi connectivity index (χ2n) is 6.02. The van der Waals surface area contributed by atoms with E-state index in [1.54, 1.807) is 0 Å². The second kappa shape index (κ2) is 6.25. The van der Waals surface area contributed by atoms with Crippen LogP contribution in [0.2, 0.25) is 0 Å². The van der Waals surface area contributed by atoms with Crippen LogP contribution in [0.4, 0.5) is 0 Å². The Balaban J connectivity index is 0.00000162. The Hall–Kier alpha value is -0.280. The number of nitrogens with one attached hydrogen (secondary N) is 1. The molecule has 1 aliphatic carbocycles. The van der Waals surface area contributed by atoms with Gasteiger partial charge in [0.15, 0.2) is 0 Å². The topological polar surface area (TPSA) is 32.3 Å².